The lowest BCUT2D eigenvalue weighted by molar-refractivity contribution is -0.140. The van der Waals surface area contributed by atoms with Crippen LogP contribution in [0.2, 0.25) is 0 Å². The number of isocyanates is 2. The molecule has 0 bridgehead atoms. The van der Waals surface area contributed by atoms with Crippen molar-refractivity contribution in [2.45, 2.75) is 12.5 Å². The molecule has 0 aliphatic rings. The van der Waals surface area contributed by atoms with E-state index < -0.39 is 17.5 Å². The molecule has 0 radical (unpaired) electrons. The predicted octanol–water partition coefficient (Wildman–Crippen LogP) is 1.58. The van der Waals surface area contributed by atoms with Crippen LogP contribution in [0.5, 0.6) is 0 Å². The molecule has 0 rings (SSSR count). The van der Waals surface area contributed by atoms with Gasteiger partial charge in [0.25, 0.3) is 0 Å². The Kier molecular flexibility index (Phi) is 15.2. The molecule has 0 N–H and O–H groups in total. The normalized spacial score (nSPS) is 10.7. The molecule has 1 unspecified atom stereocenters. The van der Waals surface area contributed by atoms with Crippen LogP contribution in [0.15, 0.2) is 60.3 Å². The summed E-state index contributed by atoms with van der Waals surface area (Å²) in [4.78, 5) is 47.7. The van der Waals surface area contributed by atoms with Crippen LogP contribution >= 0.6 is 0 Å². The van der Waals surface area contributed by atoms with Crippen LogP contribution in [-0.2, 0) is 33.4 Å². The highest BCUT2D eigenvalue weighted by molar-refractivity contribution is 5.81. The van der Waals surface area contributed by atoms with Crippen LogP contribution in [0.25, 0.3) is 0 Å². The lowest BCUT2D eigenvalue weighted by Gasteiger charge is -2.22. The van der Waals surface area contributed by atoms with E-state index in [4.69, 9.17) is 9.47 Å². The largest absolute Gasteiger partial charge is 0.492 e. The number of aliphatic imine (C=N–C) groups is 2. The minimum Gasteiger partial charge on any atom is -0.492 e. The highest BCUT2D eigenvalue weighted by atomic mass is 16.5. The van der Waals surface area contributed by atoms with E-state index in [1.54, 1.807) is 6.92 Å². The fourth-order valence-electron chi connectivity index (χ4n) is 1.11. The zero-order chi connectivity index (χ0) is 21.1. The van der Waals surface area contributed by atoms with Crippen LogP contribution in [0.4, 0.5) is 0 Å². The first-order valence-corrected chi connectivity index (χ1v) is 7.43. The summed E-state index contributed by atoms with van der Waals surface area (Å²) in [6, 6.07) is 0. The molecule has 0 aromatic rings. The third-order valence-corrected chi connectivity index (χ3v) is 2.48. The summed E-state index contributed by atoms with van der Waals surface area (Å²) in [6.07, 6.45) is 6.22. The lowest BCUT2D eigenvalue weighted by atomic mass is 10.1. The SMILES string of the molecule is C=CC(=C)OCC(C)(COC(=O)C=C)N=C=O.C=CC(=O)OCCN=C=O. The minimum atomic E-state index is -1.01. The summed E-state index contributed by atoms with van der Waals surface area (Å²) in [5, 5.41) is 0. The molecule has 0 heterocycles. The maximum atomic E-state index is 10.9. The van der Waals surface area contributed by atoms with Gasteiger partial charge in [0, 0.05) is 12.2 Å². The Morgan fingerprint density at radius 1 is 0.963 bits per heavy atom. The zero-order valence-electron chi connectivity index (χ0n) is 15.1. The number of hydrogen-bond acceptors (Lipinski definition) is 9. The molecule has 0 aliphatic carbocycles. The molecular formula is C18H22N2O7. The second-order valence-corrected chi connectivity index (χ2v) is 4.82. The molecule has 0 saturated heterocycles. The molecule has 0 spiro atoms. The molecule has 146 valence electrons. The number of carbonyl (C=O) groups is 2. The van der Waals surface area contributed by atoms with Crippen LogP contribution < -0.4 is 0 Å². The smallest absolute Gasteiger partial charge is 0.330 e. The van der Waals surface area contributed by atoms with E-state index >= 15 is 0 Å². The Hall–Kier alpha value is -3.54. The van der Waals surface area contributed by atoms with Gasteiger partial charge in [-0.05, 0) is 13.0 Å². The van der Waals surface area contributed by atoms with Gasteiger partial charge in [-0.15, -0.1) is 0 Å². The van der Waals surface area contributed by atoms with E-state index in [2.05, 4.69) is 41.0 Å². The monoisotopic (exact) mass is 378 g/mol. The number of esters is 2. The minimum absolute atomic E-state index is 0.0253. The number of hydrogen-bond donors (Lipinski definition) is 0. The molecular weight excluding hydrogens is 356 g/mol. The van der Waals surface area contributed by atoms with E-state index in [-0.39, 0.29) is 26.4 Å². The fourth-order valence-corrected chi connectivity index (χ4v) is 1.11. The van der Waals surface area contributed by atoms with E-state index in [1.165, 1.54) is 18.2 Å². The number of rotatable bonds is 12. The van der Waals surface area contributed by atoms with Crippen molar-refractivity contribution < 1.29 is 33.4 Å². The van der Waals surface area contributed by atoms with Gasteiger partial charge in [0.1, 0.15) is 31.1 Å². The van der Waals surface area contributed by atoms with E-state index in [1.807, 2.05) is 0 Å². The van der Waals surface area contributed by atoms with Gasteiger partial charge in [0.15, 0.2) is 0 Å². The maximum absolute atomic E-state index is 10.9. The number of allylic oxidation sites excluding steroid dienone is 1. The molecule has 0 aromatic carbocycles. The van der Waals surface area contributed by atoms with Crippen molar-refractivity contribution in [2.24, 2.45) is 9.98 Å². The van der Waals surface area contributed by atoms with Crippen LogP contribution in [-0.4, -0.2) is 56.0 Å². The second kappa shape index (κ2) is 16.0. The van der Waals surface area contributed by atoms with E-state index in [0.29, 0.717) is 5.76 Å². The summed E-state index contributed by atoms with van der Waals surface area (Å²) in [5.41, 5.74) is -1.01. The Morgan fingerprint density at radius 2 is 1.52 bits per heavy atom. The molecule has 9 nitrogen and oxygen atoms in total. The van der Waals surface area contributed by atoms with Gasteiger partial charge in [-0.2, -0.15) is 4.99 Å². The van der Waals surface area contributed by atoms with Gasteiger partial charge in [-0.1, -0.05) is 26.3 Å². The number of carbonyl (C=O) groups excluding carboxylic acids is 4. The van der Waals surface area contributed by atoms with Gasteiger partial charge in [0.2, 0.25) is 12.2 Å². The highest BCUT2D eigenvalue weighted by Crippen LogP contribution is 2.13. The Morgan fingerprint density at radius 3 is 2.00 bits per heavy atom. The van der Waals surface area contributed by atoms with Gasteiger partial charge < -0.3 is 14.2 Å². The van der Waals surface area contributed by atoms with Crippen LogP contribution in [0, 0.1) is 0 Å². The zero-order valence-corrected chi connectivity index (χ0v) is 15.1. The van der Waals surface area contributed by atoms with Gasteiger partial charge in [-0.3, -0.25) is 0 Å². The van der Waals surface area contributed by atoms with Crippen molar-refractivity contribution in [1.29, 1.82) is 0 Å². The molecule has 0 saturated carbocycles. The first-order chi connectivity index (χ1) is 12.8. The number of nitrogens with zero attached hydrogens (tertiary/aromatic N) is 2. The van der Waals surface area contributed by atoms with Crippen LogP contribution in [0.3, 0.4) is 0 Å². The standard InChI is InChI=1S/C12H15NO4.C6H7NO3/c1-5-10(3)16-7-12(4,13-9-14)8-17-11(15)6-2;1-2-6(9)10-4-3-7-5-8/h5-6H,1-3,7-8H2,4H3;2H,1,3-4H2. The summed E-state index contributed by atoms with van der Waals surface area (Å²) < 4.78 is 14.4. The first kappa shape index (κ1) is 25.7. The third kappa shape index (κ3) is 15.7. The van der Waals surface area contributed by atoms with Crippen molar-refractivity contribution in [3.05, 3.63) is 50.3 Å². The Bertz CT molecular complexity index is 618. The van der Waals surface area contributed by atoms with Crippen molar-refractivity contribution in [3.8, 4) is 0 Å². The predicted molar refractivity (Wildman–Crippen MR) is 97.1 cm³/mol. The lowest BCUT2D eigenvalue weighted by Crippen LogP contribution is -2.35. The van der Waals surface area contributed by atoms with Gasteiger partial charge in [0.05, 0.1) is 6.54 Å². The maximum Gasteiger partial charge on any atom is 0.330 e. The fraction of sp³-hybridized carbons (Fsp3) is 0.333. The average Bonchev–Trinajstić information content (AvgIpc) is 2.68. The first-order valence-electron chi connectivity index (χ1n) is 7.43. The Balaban J connectivity index is 0. The molecule has 0 aliphatic heterocycles. The van der Waals surface area contributed by atoms with Crippen molar-refractivity contribution in [1.82, 2.24) is 0 Å². The second-order valence-electron chi connectivity index (χ2n) is 4.82. The summed E-state index contributed by atoms with van der Waals surface area (Å²) >= 11 is 0. The van der Waals surface area contributed by atoms with Crippen LogP contribution in [0.1, 0.15) is 6.92 Å². The van der Waals surface area contributed by atoms with Crippen molar-refractivity contribution in [3.63, 3.8) is 0 Å². The molecule has 0 amide bonds. The summed E-state index contributed by atoms with van der Waals surface area (Å²) in [7, 11) is 0. The molecule has 1 atom stereocenters. The highest BCUT2D eigenvalue weighted by Gasteiger charge is 2.26. The van der Waals surface area contributed by atoms with E-state index in [0.717, 1.165) is 12.2 Å². The third-order valence-electron chi connectivity index (χ3n) is 2.48. The topological polar surface area (TPSA) is 121 Å². The molecule has 0 fully saturated rings. The number of ether oxygens (including phenoxy) is 3. The Labute approximate surface area is 157 Å². The van der Waals surface area contributed by atoms with Crippen molar-refractivity contribution >= 4 is 24.1 Å². The average molecular weight is 378 g/mol. The van der Waals surface area contributed by atoms with Crippen molar-refractivity contribution in [2.75, 3.05) is 26.4 Å². The molecule has 0 aromatic heterocycles. The molecule has 9 heteroatoms. The molecule has 27 heavy (non-hydrogen) atoms. The summed E-state index contributed by atoms with van der Waals surface area (Å²) in [5.74, 6) is -0.770. The quantitative estimate of drug-likeness (QED) is 0.0961. The van der Waals surface area contributed by atoms with E-state index in [9.17, 15) is 19.2 Å². The van der Waals surface area contributed by atoms with Gasteiger partial charge >= 0.3 is 11.9 Å². The summed E-state index contributed by atoms with van der Waals surface area (Å²) in [6.45, 7) is 15.2. The van der Waals surface area contributed by atoms with Gasteiger partial charge in [-0.25, -0.2) is 24.2 Å².